The molecule has 0 radical (unpaired) electrons. The number of amides is 4. The van der Waals surface area contributed by atoms with E-state index < -0.39 is 35.6 Å². The normalized spacial score (nSPS) is 16.0. The molecule has 0 bridgehead atoms. The van der Waals surface area contributed by atoms with E-state index in [9.17, 15) is 28.8 Å². The first-order chi connectivity index (χ1) is 15.4. The van der Waals surface area contributed by atoms with Crippen molar-refractivity contribution in [3.05, 3.63) is 47.8 Å². The van der Waals surface area contributed by atoms with Gasteiger partial charge in [-0.1, -0.05) is 0 Å². The van der Waals surface area contributed by atoms with Crippen molar-refractivity contribution < 1.29 is 38.4 Å². The molecule has 4 rings (SSSR count). The fourth-order valence-corrected chi connectivity index (χ4v) is 3.10. The number of imide groups is 2. The van der Waals surface area contributed by atoms with Crippen LogP contribution < -0.4 is 0 Å². The van der Waals surface area contributed by atoms with Gasteiger partial charge >= 0.3 is 11.9 Å². The van der Waals surface area contributed by atoms with Crippen molar-refractivity contribution in [3.63, 3.8) is 0 Å². The summed E-state index contributed by atoms with van der Waals surface area (Å²) in [5.41, 5.74) is -0.548. The van der Waals surface area contributed by atoms with Crippen LogP contribution in [0.1, 0.15) is 46.4 Å². The second kappa shape index (κ2) is 8.34. The van der Waals surface area contributed by atoms with Crippen molar-refractivity contribution >= 4 is 35.6 Å². The molecule has 2 fully saturated rings. The average molecular weight is 438 g/mol. The maximum absolute atomic E-state index is 12.7. The number of hydrogen-bond donors (Lipinski definition) is 0. The number of hydroxylamine groups is 4. The van der Waals surface area contributed by atoms with E-state index in [4.69, 9.17) is 9.68 Å². The van der Waals surface area contributed by atoms with Crippen LogP contribution in [0.25, 0.3) is 11.4 Å². The van der Waals surface area contributed by atoms with Crippen LogP contribution >= 0.6 is 0 Å². The third-order valence-corrected chi connectivity index (χ3v) is 4.64. The van der Waals surface area contributed by atoms with Crippen LogP contribution in [-0.4, -0.2) is 55.7 Å². The highest BCUT2D eigenvalue weighted by atomic mass is 16.7. The van der Waals surface area contributed by atoms with Gasteiger partial charge in [-0.2, -0.15) is 0 Å². The van der Waals surface area contributed by atoms with Gasteiger partial charge in [-0.3, -0.25) is 29.1 Å². The number of aromatic nitrogens is 2. The highest BCUT2D eigenvalue weighted by Gasteiger charge is 2.36. The van der Waals surface area contributed by atoms with Crippen LogP contribution in [0.2, 0.25) is 0 Å². The molecule has 0 unspecified atom stereocenters. The summed E-state index contributed by atoms with van der Waals surface area (Å²) < 4.78 is 0. The molecule has 0 N–H and O–H groups in total. The Morgan fingerprint density at radius 2 is 1.00 bits per heavy atom. The van der Waals surface area contributed by atoms with Crippen molar-refractivity contribution in [2.24, 2.45) is 0 Å². The van der Waals surface area contributed by atoms with Gasteiger partial charge in [0.05, 0.1) is 11.1 Å². The predicted molar refractivity (Wildman–Crippen MR) is 100 cm³/mol. The quantitative estimate of drug-likeness (QED) is 0.606. The lowest BCUT2D eigenvalue weighted by Gasteiger charge is -2.16. The Morgan fingerprint density at radius 3 is 1.34 bits per heavy atom. The minimum absolute atomic E-state index is 0.0732. The Balaban J connectivity index is 1.65. The zero-order chi connectivity index (χ0) is 22.8. The van der Waals surface area contributed by atoms with Crippen LogP contribution in [0.3, 0.4) is 0 Å². The summed E-state index contributed by atoms with van der Waals surface area (Å²) in [5.74, 6) is -4.75. The highest BCUT2D eigenvalue weighted by molar-refractivity contribution is 6.06. The summed E-state index contributed by atoms with van der Waals surface area (Å²) in [5, 5.41) is 0.772. The number of nitrogens with zero attached hydrogens (tertiary/aromatic N) is 4. The van der Waals surface area contributed by atoms with E-state index >= 15 is 0 Å². The Morgan fingerprint density at radius 1 is 0.656 bits per heavy atom. The topological polar surface area (TPSA) is 153 Å². The second-order valence-electron chi connectivity index (χ2n) is 6.72. The summed E-state index contributed by atoms with van der Waals surface area (Å²) in [4.78, 5) is 90.4. The van der Waals surface area contributed by atoms with Crippen LogP contribution in [0.4, 0.5) is 0 Å². The van der Waals surface area contributed by atoms with E-state index in [1.54, 1.807) is 0 Å². The molecule has 0 aromatic carbocycles. The molecular weight excluding hydrogens is 424 g/mol. The number of rotatable bonds is 5. The zero-order valence-corrected chi connectivity index (χ0v) is 16.3. The summed E-state index contributed by atoms with van der Waals surface area (Å²) in [6.07, 6.45) is 2.36. The molecule has 2 aliphatic rings. The highest BCUT2D eigenvalue weighted by Crippen LogP contribution is 2.26. The molecular formula is C20H14N4O8. The summed E-state index contributed by atoms with van der Waals surface area (Å²) in [6, 6.07) is 5.45. The van der Waals surface area contributed by atoms with Crippen molar-refractivity contribution in [1.29, 1.82) is 0 Å². The number of carbonyl (C=O) groups is 6. The summed E-state index contributed by atoms with van der Waals surface area (Å²) in [6.45, 7) is 0. The molecule has 2 aliphatic heterocycles. The monoisotopic (exact) mass is 438 g/mol. The maximum Gasteiger partial charge on any atom is 0.366 e. The van der Waals surface area contributed by atoms with Crippen LogP contribution in [-0.2, 0) is 28.9 Å². The molecule has 12 heteroatoms. The first kappa shape index (κ1) is 20.8. The molecule has 4 amide bonds. The maximum atomic E-state index is 12.7. The van der Waals surface area contributed by atoms with Gasteiger partial charge in [-0.25, -0.2) is 9.59 Å². The lowest BCUT2D eigenvalue weighted by atomic mass is 10.1. The van der Waals surface area contributed by atoms with Gasteiger partial charge in [-0.15, -0.1) is 10.1 Å². The van der Waals surface area contributed by atoms with Gasteiger partial charge in [0.15, 0.2) is 0 Å². The summed E-state index contributed by atoms with van der Waals surface area (Å²) >= 11 is 0. The fraction of sp³-hybridized carbons (Fsp3) is 0.200. The molecule has 0 aliphatic carbocycles. The minimum Gasteiger partial charge on any atom is -0.325 e. The molecule has 32 heavy (non-hydrogen) atoms. The molecule has 2 aromatic rings. The van der Waals surface area contributed by atoms with E-state index in [0.717, 1.165) is 0 Å². The average Bonchev–Trinajstić information content (AvgIpc) is 3.29. The lowest BCUT2D eigenvalue weighted by Crippen LogP contribution is -2.32. The van der Waals surface area contributed by atoms with Crippen LogP contribution in [0.15, 0.2) is 36.7 Å². The van der Waals surface area contributed by atoms with Crippen molar-refractivity contribution in [2.75, 3.05) is 0 Å². The molecule has 12 nitrogen and oxygen atoms in total. The van der Waals surface area contributed by atoms with E-state index in [-0.39, 0.29) is 48.2 Å². The summed E-state index contributed by atoms with van der Waals surface area (Å²) in [7, 11) is 0. The van der Waals surface area contributed by atoms with E-state index in [1.807, 2.05) is 0 Å². The molecule has 0 saturated carbocycles. The smallest absolute Gasteiger partial charge is 0.325 e. The van der Waals surface area contributed by atoms with Gasteiger partial charge < -0.3 is 9.68 Å². The van der Waals surface area contributed by atoms with Crippen LogP contribution in [0.5, 0.6) is 0 Å². The Bertz CT molecular complexity index is 1050. The fourth-order valence-electron chi connectivity index (χ4n) is 3.10. The predicted octanol–water partition coefficient (Wildman–Crippen LogP) is 0.585. The molecule has 4 heterocycles. The third-order valence-electron chi connectivity index (χ3n) is 4.64. The van der Waals surface area contributed by atoms with Crippen LogP contribution in [0, 0.1) is 0 Å². The first-order valence-electron chi connectivity index (χ1n) is 9.43. The van der Waals surface area contributed by atoms with Crippen molar-refractivity contribution in [1.82, 2.24) is 20.1 Å². The number of carbonyl (C=O) groups excluding carboxylic acids is 6. The molecule has 0 spiro atoms. The van der Waals surface area contributed by atoms with E-state index in [0.29, 0.717) is 10.1 Å². The van der Waals surface area contributed by atoms with Crippen molar-refractivity contribution in [3.8, 4) is 11.4 Å². The lowest BCUT2D eigenvalue weighted by molar-refractivity contribution is -0.173. The number of hydrogen-bond acceptors (Lipinski definition) is 10. The van der Waals surface area contributed by atoms with Gasteiger partial charge in [0.2, 0.25) is 0 Å². The molecule has 2 saturated heterocycles. The minimum atomic E-state index is -1.06. The van der Waals surface area contributed by atoms with Gasteiger partial charge in [0.1, 0.15) is 11.4 Å². The standard InChI is InChI=1S/C20H14N4O8/c25-13-5-6-14(26)23(13)31-19(29)11-3-1-9-21-17(11)18-12(4-2-10-22-18)20(30)32-24-15(27)7-8-16(24)28/h1-4,9-10H,5-8H2. The molecule has 162 valence electrons. The van der Waals surface area contributed by atoms with Gasteiger partial charge in [0.25, 0.3) is 23.6 Å². The van der Waals surface area contributed by atoms with Gasteiger partial charge in [0, 0.05) is 38.1 Å². The second-order valence-corrected chi connectivity index (χ2v) is 6.72. The molecule has 2 aromatic heterocycles. The zero-order valence-electron chi connectivity index (χ0n) is 16.3. The van der Waals surface area contributed by atoms with E-state index in [2.05, 4.69) is 9.97 Å². The van der Waals surface area contributed by atoms with Crippen molar-refractivity contribution in [2.45, 2.75) is 25.7 Å². The Kier molecular flexibility index (Phi) is 5.41. The Labute approximate surface area is 179 Å². The van der Waals surface area contributed by atoms with E-state index in [1.165, 1.54) is 36.7 Å². The SMILES string of the molecule is O=C(ON1C(=O)CCC1=O)c1cccnc1-c1ncccc1C(=O)ON1C(=O)CCC1=O. The first-order valence-corrected chi connectivity index (χ1v) is 9.43. The largest absolute Gasteiger partial charge is 0.366 e. The third kappa shape index (κ3) is 3.80. The molecule has 0 atom stereocenters. The number of pyridine rings is 2. The van der Waals surface area contributed by atoms with Gasteiger partial charge in [-0.05, 0) is 24.3 Å². The Hall–Kier alpha value is -4.48.